The molecule has 6 heteroatoms. The summed E-state index contributed by atoms with van der Waals surface area (Å²) in [5.74, 6) is 1.52. The van der Waals surface area contributed by atoms with Gasteiger partial charge < -0.3 is 9.26 Å². The average molecular weight is 351 g/mol. The van der Waals surface area contributed by atoms with Gasteiger partial charge in [0, 0.05) is 11.1 Å². The van der Waals surface area contributed by atoms with Gasteiger partial charge in [0.05, 0.1) is 16.8 Å². The second kappa shape index (κ2) is 7.32. The molecule has 3 aromatic rings. The highest BCUT2D eigenvalue weighted by molar-refractivity contribution is 7.11. The molecule has 126 valence electrons. The predicted molar refractivity (Wildman–Crippen MR) is 97.1 cm³/mol. The molecule has 0 fully saturated rings. The number of aryl methyl sites for hydroxylation is 3. The monoisotopic (exact) mass is 351 g/mol. The summed E-state index contributed by atoms with van der Waals surface area (Å²) >= 11 is 1.47. The normalized spacial score (nSPS) is 11.4. The molecule has 2 aromatic heterocycles. The maximum atomic E-state index is 9.36. The van der Waals surface area contributed by atoms with Gasteiger partial charge in [-0.1, -0.05) is 17.3 Å². The van der Waals surface area contributed by atoms with Crippen molar-refractivity contribution < 1.29 is 9.26 Å². The predicted octanol–water partition coefficient (Wildman–Crippen LogP) is 4.70. The van der Waals surface area contributed by atoms with Crippen molar-refractivity contribution in [3.8, 4) is 11.8 Å². The van der Waals surface area contributed by atoms with Crippen LogP contribution in [-0.4, -0.2) is 10.1 Å². The third kappa shape index (κ3) is 3.95. The molecule has 1 aromatic carbocycles. The zero-order valence-corrected chi connectivity index (χ0v) is 15.1. The van der Waals surface area contributed by atoms with Gasteiger partial charge in [0.15, 0.2) is 0 Å². The Morgan fingerprint density at radius 2 is 2.04 bits per heavy atom. The first kappa shape index (κ1) is 16.9. The van der Waals surface area contributed by atoms with Crippen LogP contribution in [0.5, 0.6) is 5.75 Å². The van der Waals surface area contributed by atoms with E-state index in [0.29, 0.717) is 12.2 Å². The van der Waals surface area contributed by atoms with E-state index in [9.17, 15) is 5.26 Å². The summed E-state index contributed by atoms with van der Waals surface area (Å²) in [7, 11) is 0. The number of hydrogen-bond acceptors (Lipinski definition) is 6. The summed E-state index contributed by atoms with van der Waals surface area (Å²) in [4.78, 5) is 4.36. The highest BCUT2D eigenvalue weighted by atomic mass is 32.1. The summed E-state index contributed by atoms with van der Waals surface area (Å²) in [6.45, 7) is 6.10. The minimum atomic E-state index is 0.415. The fourth-order valence-corrected chi connectivity index (χ4v) is 3.07. The second-order valence-corrected chi connectivity index (χ2v) is 6.48. The fraction of sp³-hybridized carbons (Fsp3) is 0.211. The number of allylic oxidation sites excluding steroid dienone is 1. The first-order valence-corrected chi connectivity index (χ1v) is 8.63. The molecule has 25 heavy (non-hydrogen) atoms. The van der Waals surface area contributed by atoms with Crippen LogP contribution in [0.2, 0.25) is 0 Å². The summed E-state index contributed by atoms with van der Waals surface area (Å²) < 4.78 is 10.9. The van der Waals surface area contributed by atoms with Crippen LogP contribution in [0.1, 0.15) is 33.3 Å². The van der Waals surface area contributed by atoms with Crippen LogP contribution in [0, 0.1) is 32.1 Å². The molecule has 0 spiro atoms. The maximum Gasteiger partial charge on any atom is 0.140 e. The molecule has 3 rings (SSSR count). The highest BCUT2D eigenvalue weighted by Crippen LogP contribution is 2.23. The number of thiazole rings is 1. The van der Waals surface area contributed by atoms with Gasteiger partial charge in [-0.05, 0) is 44.5 Å². The highest BCUT2D eigenvalue weighted by Gasteiger charge is 2.09. The van der Waals surface area contributed by atoms with Gasteiger partial charge in [0.2, 0.25) is 0 Å². The number of rotatable bonds is 5. The molecule has 0 N–H and O–H groups in total. The Morgan fingerprint density at radius 1 is 1.28 bits per heavy atom. The van der Waals surface area contributed by atoms with Crippen LogP contribution in [0.25, 0.3) is 11.6 Å². The van der Waals surface area contributed by atoms with Crippen molar-refractivity contribution in [2.75, 3.05) is 0 Å². The number of nitrogens with zero attached hydrogens (tertiary/aromatic N) is 3. The quantitative estimate of drug-likeness (QED) is 0.623. The van der Waals surface area contributed by atoms with Crippen LogP contribution < -0.4 is 4.74 Å². The van der Waals surface area contributed by atoms with Gasteiger partial charge in [0.25, 0.3) is 0 Å². The van der Waals surface area contributed by atoms with Crippen LogP contribution in [-0.2, 0) is 6.61 Å². The maximum absolute atomic E-state index is 9.36. The van der Waals surface area contributed by atoms with Crippen molar-refractivity contribution in [3.63, 3.8) is 0 Å². The lowest BCUT2D eigenvalue weighted by molar-refractivity contribution is 0.301. The summed E-state index contributed by atoms with van der Waals surface area (Å²) in [6.07, 6.45) is 1.83. The smallest absolute Gasteiger partial charge is 0.140 e. The Morgan fingerprint density at radius 3 is 2.60 bits per heavy atom. The van der Waals surface area contributed by atoms with E-state index in [1.54, 1.807) is 0 Å². The SMILES string of the molecule is Cc1csc(/C(C#N)=C\c2ccc(OCc3c(C)noc3C)cc2)n1. The number of hydrogen-bond donors (Lipinski definition) is 0. The molecule has 0 unspecified atom stereocenters. The van der Waals surface area contributed by atoms with Crippen molar-refractivity contribution in [2.24, 2.45) is 0 Å². The van der Waals surface area contributed by atoms with Gasteiger partial charge in [-0.15, -0.1) is 11.3 Å². The zero-order chi connectivity index (χ0) is 17.8. The van der Waals surface area contributed by atoms with Crippen LogP contribution >= 0.6 is 11.3 Å². The van der Waals surface area contributed by atoms with E-state index < -0.39 is 0 Å². The van der Waals surface area contributed by atoms with Crippen molar-refractivity contribution in [2.45, 2.75) is 27.4 Å². The molecule has 0 amide bonds. The minimum Gasteiger partial charge on any atom is -0.489 e. The van der Waals surface area contributed by atoms with Crippen molar-refractivity contribution in [1.29, 1.82) is 5.26 Å². The molecule has 0 bridgehead atoms. The number of ether oxygens (including phenoxy) is 1. The lowest BCUT2D eigenvalue weighted by Crippen LogP contribution is -1.97. The molecule has 0 radical (unpaired) electrons. The van der Waals surface area contributed by atoms with Crippen LogP contribution in [0.3, 0.4) is 0 Å². The molecule has 2 heterocycles. The molecule has 0 atom stereocenters. The van der Waals surface area contributed by atoms with Gasteiger partial charge in [-0.25, -0.2) is 4.98 Å². The molecule has 0 saturated heterocycles. The van der Waals surface area contributed by atoms with Crippen molar-refractivity contribution in [3.05, 3.63) is 62.9 Å². The molecular formula is C19H17N3O2S. The van der Waals surface area contributed by atoms with Gasteiger partial charge in [-0.3, -0.25) is 0 Å². The average Bonchev–Trinajstić information content (AvgIpc) is 3.18. The van der Waals surface area contributed by atoms with E-state index in [1.165, 1.54) is 11.3 Å². The lowest BCUT2D eigenvalue weighted by Gasteiger charge is -2.06. The Kier molecular flexibility index (Phi) is 4.96. The fourth-order valence-electron chi connectivity index (χ4n) is 2.31. The summed E-state index contributed by atoms with van der Waals surface area (Å²) in [6, 6.07) is 9.81. The van der Waals surface area contributed by atoms with Crippen molar-refractivity contribution >= 4 is 23.0 Å². The topological polar surface area (TPSA) is 71.9 Å². The largest absolute Gasteiger partial charge is 0.489 e. The van der Waals surface area contributed by atoms with E-state index in [1.807, 2.05) is 56.5 Å². The van der Waals surface area contributed by atoms with Crippen LogP contribution in [0.4, 0.5) is 0 Å². The van der Waals surface area contributed by atoms with E-state index in [-0.39, 0.29) is 0 Å². The molecule has 0 aliphatic heterocycles. The van der Waals surface area contributed by atoms with E-state index in [4.69, 9.17) is 9.26 Å². The number of nitriles is 1. The molecule has 0 saturated carbocycles. The van der Waals surface area contributed by atoms with E-state index in [2.05, 4.69) is 16.2 Å². The van der Waals surface area contributed by atoms with E-state index >= 15 is 0 Å². The third-order valence-electron chi connectivity index (χ3n) is 3.73. The first-order chi connectivity index (χ1) is 12.1. The molecule has 0 aliphatic rings. The zero-order valence-electron chi connectivity index (χ0n) is 14.2. The summed E-state index contributed by atoms with van der Waals surface area (Å²) in [5.41, 5.74) is 4.21. The third-order valence-corrected chi connectivity index (χ3v) is 4.72. The Bertz CT molecular complexity index is 926. The minimum absolute atomic E-state index is 0.415. The second-order valence-electron chi connectivity index (χ2n) is 5.62. The molecule has 0 aliphatic carbocycles. The Hall–Kier alpha value is -2.91. The van der Waals surface area contributed by atoms with Gasteiger partial charge in [-0.2, -0.15) is 5.26 Å². The van der Waals surface area contributed by atoms with Crippen LogP contribution in [0.15, 0.2) is 34.2 Å². The number of aromatic nitrogens is 2. The van der Waals surface area contributed by atoms with Gasteiger partial charge in [0.1, 0.15) is 29.2 Å². The first-order valence-electron chi connectivity index (χ1n) is 7.75. The molecular weight excluding hydrogens is 334 g/mol. The van der Waals surface area contributed by atoms with Gasteiger partial charge >= 0.3 is 0 Å². The lowest BCUT2D eigenvalue weighted by atomic mass is 10.1. The standard InChI is InChI=1S/C19H17N3O2S/c1-12-11-25-19(21-12)16(9-20)8-15-4-6-17(7-5-15)23-10-18-13(2)22-24-14(18)3/h4-8,11H,10H2,1-3H3/b16-8-. The summed E-state index contributed by atoms with van der Waals surface area (Å²) in [5, 5.41) is 15.9. The Balaban J connectivity index is 1.72. The van der Waals surface area contributed by atoms with E-state index in [0.717, 1.165) is 39.0 Å². The molecule has 5 nitrogen and oxygen atoms in total. The van der Waals surface area contributed by atoms with Crippen molar-refractivity contribution in [1.82, 2.24) is 10.1 Å². The number of benzene rings is 1. The Labute approximate surface area is 150 Å².